The van der Waals surface area contributed by atoms with Gasteiger partial charge in [-0.25, -0.2) is 4.39 Å². The number of amides is 1. The van der Waals surface area contributed by atoms with Crippen LogP contribution in [0.25, 0.3) is 0 Å². The van der Waals surface area contributed by atoms with E-state index in [0.717, 1.165) is 26.1 Å². The average molecular weight is 236 g/mol. The highest BCUT2D eigenvalue weighted by atomic mass is 19.1. The molecule has 1 heterocycles. The Morgan fingerprint density at radius 2 is 2.41 bits per heavy atom. The lowest BCUT2D eigenvalue weighted by atomic mass is 10.1. The first-order valence-electron chi connectivity index (χ1n) is 5.90. The second-order valence-electron chi connectivity index (χ2n) is 4.47. The number of nitrogens with zero attached hydrogens (tertiary/aromatic N) is 1. The zero-order valence-electron chi connectivity index (χ0n) is 9.95. The van der Waals surface area contributed by atoms with Gasteiger partial charge in [-0.2, -0.15) is 0 Å². The first-order chi connectivity index (χ1) is 8.20. The van der Waals surface area contributed by atoms with Crippen LogP contribution < -0.4 is 5.32 Å². The molecule has 17 heavy (non-hydrogen) atoms. The van der Waals surface area contributed by atoms with Crippen molar-refractivity contribution < 1.29 is 9.18 Å². The van der Waals surface area contributed by atoms with Crippen LogP contribution in [0.4, 0.5) is 4.39 Å². The lowest BCUT2D eigenvalue weighted by molar-refractivity contribution is 0.0786. The van der Waals surface area contributed by atoms with Crippen molar-refractivity contribution in [2.45, 2.75) is 6.42 Å². The van der Waals surface area contributed by atoms with Gasteiger partial charge in [-0.1, -0.05) is 6.07 Å². The molecule has 3 nitrogen and oxygen atoms in total. The number of hydrogen-bond acceptors (Lipinski definition) is 2. The molecule has 0 aliphatic carbocycles. The molecule has 1 aliphatic rings. The van der Waals surface area contributed by atoms with Gasteiger partial charge in [0.15, 0.2) is 0 Å². The summed E-state index contributed by atoms with van der Waals surface area (Å²) in [5.74, 6) is 0.0856. The summed E-state index contributed by atoms with van der Waals surface area (Å²) in [7, 11) is 1.91. The van der Waals surface area contributed by atoms with Gasteiger partial charge >= 0.3 is 0 Å². The Labute approximate surface area is 101 Å². The third-order valence-electron chi connectivity index (χ3n) is 3.14. The maximum atomic E-state index is 13.0. The fourth-order valence-electron chi connectivity index (χ4n) is 2.28. The summed E-state index contributed by atoms with van der Waals surface area (Å²) in [4.78, 5) is 13.9. The normalized spacial score (nSPS) is 19.6. The summed E-state index contributed by atoms with van der Waals surface area (Å²) in [6, 6.07) is 5.89. The van der Waals surface area contributed by atoms with E-state index in [4.69, 9.17) is 0 Å². The second-order valence-corrected chi connectivity index (χ2v) is 4.47. The SMILES string of the molecule is CNCC1CCN(C(=O)c2cccc(F)c2)C1. The largest absolute Gasteiger partial charge is 0.338 e. The number of rotatable bonds is 3. The fourth-order valence-corrected chi connectivity index (χ4v) is 2.28. The molecule has 2 rings (SSSR count). The monoisotopic (exact) mass is 236 g/mol. The van der Waals surface area contributed by atoms with E-state index < -0.39 is 0 Å². The molecule has 0 spiro atoms. The maximum absolute atomic E-state index is 13.0. The topological polar surface area (TPSA) is 32.3 Å². The Morgan fingerprint density at radius 3 is 3.12 bits per heavy atom. The Bertz CT molecular complexity index is 408. The van der Waals surface area contributed by atoms with Gasteiger partial charge in [0, 0.05) is 18.7 Å². The quantitative estimate of drug-likeness (QED) is 0.862. The predicted molar refractivity (Wildman–Crippen MR) is 64.3 cm³/mol. The van der Waals surface area contributed by atoms with Crippen LogP contribution in [0.1, 0.15) is 16.8 Å². The van der Waals surface area contributed by atoms with Gasteiger partial charge < -0.3 is 10.2 Å². The summed E-state index contributed by atoms with van der Waals surface area (Å²) in [6.45, 7) is 2.45. The molecule has 1 N–H and O–H groups in total. The number of carbonyl (C=O) groups excluding carboxylic acids is 1. The zero-order valence-corrected chi connectivity index (χ0v) is 9.95. The molecule has 1 aliphatic heterocycles. The molecule has 0 aromatic heterocycles. The molecular formula is C13H17FN2O. The average Bonchev–Trinajstić information content (AvgIpc) is 2.77. The van der Waals surface area contributed by atoms with E-state index in [1.54, 1.807) is 17.0 Å². The Hall–Kier alpha value is -1.42. The van der Waals surface area contributed by atoms with Crippen LogP contribution in [0.3, 0.4) is 0 Å². The Kier molecular flexibility index (Phi) is 3.74. The summed E-state index contributed by atoms with van der Waals surface area (Å²) in [5.41, 5.74) is 0.440. The number of hydrogen-bond donors (Lipinski definition) is 1. The van der Waals surface area contributed by atoms with Crippen LogP contribution in [0.5, 0.6) is 0 Å². The molecule has 1 aromatic carbocycles. The molecule has 1 saturated heterocycles. The van der Waals surface area contributed by atoms with E-state index in [9.17, 15) is 9.18 Å². The molecule has 1 atom stereocenters. The van der Waals surface area contributed by atoms with Crippen LogP contribution >= 0.6 is 0 Å². The van der Waals surface area contributed by atoms with Crippen molar-refractivity contribution in [2.24, 2.45) is 5.92 Å². The molecular weight excluding hydrogens is 219 g/mol. The summed E-state index contributed by atoms with van der Waals surface area (Å²) >= 11 is 0. The second kappa shape index (κ2) is 5.27. The van der Waals surface area contributed by atoms with Crippen LogP contribution in [0.2, 0.25) is 0 Å². The van der Waals surface area contributed by atoms with Crippen LogP contribution in [-0.4, -0.2) is 37.5 Å². The van der Waals surface area contributed by atoms with Gasteiger partial charge in [0.25, 0.3) is 5.91 Å². The van der Waals surface area contributed by atoms with Gasteiger partial charge in [-0.05, 0) is 44.1 Å². The Morgan fingerprint density at radius 1 is 1.59 bits per heavy atom. The van der Waals surface area contributed by atoms with E-state index in [1.807, 2.05) is 7.05 Å². The van der Waals surface area contributed by atoms with Crippen molar-refractivity contribution in [1.29, 1.82) is 0 Å². The van der Waals surface area contributed by atoms with Crippen LogP contribution in [0, 0.1) is 11.7 Å². The van der Waals surface area contributed by atoms with Gasteiger partial charge in [-0.3, -0.25) is 4.79 Å². The van der Waals surface area contributed by atoms with E-state index in [1.165, 1.54) is 12.1 Å². The van der Waals surface area contributed by atoms with Crippen molar-refractivity contribution in [2.75, 3.05) is 26.7 Å². The van der Waals surface area contributed by atoms with Gasteiger partial charge in [0.2, 0.25) is 0 Å². The molecule has 1 amide bonds. The van der Waals surface area contributed by atoms with E-state index in [2.05, 4.69) is 5.32 Å². The van der Waals surface area contributed by atoms with Crippen molar-refractivity contribution in [3.05, 3.63) is 35.6 Å². The number of benzene rings is 1. The van der Waals surface area contributed by atoms with Gasteiger partial charge in [-0.15, -0.1) is 0 Å². The van der Waals surface area contributed by atoms with E-state index in [0.29, 0.717) is 11.5 Å². The number of likely N-dealkylation sites (tertiary alicyclic amines) is 1. The third-order valence-corrected chi connectivity index (χ3v) is 3.14. The minimum absolute atomic E-state index is 0.0666. The summed E-state index contributed by atoms with van der Waals surface area (Å²) in [6.07, 6.45) is 1.02. The molecule has 1 aromatic rings. The highest BCUT2D eigenvalue weighted by Gasteiger charge is 2.26. The van der Waals surface area contributed by atoms with Crippen molar-refractivity contribution in [1.82, 2.24) is 10.2 Å². The summed E-state index contributed by atoms with van der Waals surface area (Å²) < 4.78 is 13.0. The molecule has 0 radical (unpaired) electrons. The third kappa shape index (κ3) is 2.82. The predicted octanol–water partition coefficient (Wildman–Crippen LogP) is 1.51. The fraction of sp³-hybridized carbons (Fsp3) is 0.462. The lowest BCUT2D eigenvalue weighted by Crippen LogP contribution is -2.30. The molecule has 1 unspecified atom stereocenters. The highest BCUT2D eigenvalue weighted by Crippen LogP contribution is 2.18. The minimum Gasteiger partial charge on any atom is -0.338 e. The molecule has 92 valence electrons. The maximum Gasteiger partial charge on any atom is 0.253 e. The van der Waals surface area contributed by atoms with Crippen molar-refractivity contribution >= 4 is 5.91 Å². The number of nitrogens with one attached hydrogen (secondary N) is 1. The van der Waals surface area contributed by atoms with Crippen molar-refractivity contribution in [3.63, 3.8) is 0 Å². The first kappa shape index (κ1) is 12.0. The standard InChI is InChI=1S/C13H17FN2O/c1-15-8-10-5-6-16(9-10)13(17)11-3-2-4-12(14)7-11/h2-4,7,10,15H,5-6,8-9H2,1H3. The molecule has 0 saturated carbocycles. The first-order valence-corrected chi connectivity index (χ1v) is 5.90. The van der Waals surface area contributed by atoms with Gasteiger partial charge in [0.1, 0.15) is 5.82 Å². The zero-order chi connectivity index (χ0) is 12.3. The molecule has 4 heteroatoms. The Balaban J connectivity index is 2.02. The van der Waals surface area contributed by atoms with Gasteiger partial charge in [0.05, 0.1) is 0 Å². The molecule has 1 fully saturated rings. The van der Waals surface area contributed by atoms with Crippen LogP contribution in [0.15, 0.2) is 24.3 Å². The summed E-state index contributed by atoms with van der Waals surface area (Å²) in [5, 5.41) is 3.12. The highest BCUT2D eigenvalue weighted by molar-refractivity contribution is 5.94. The van der Waals surface area contributed by atoms with Crippen LogP contribution in [-0.2, 0) is 0 Å². The van der Waals surface area contributed by atoms with E-state index in [-0.39, 0.29) is 11.7 Å². The number of halogens is 1. The minimum atomic E-state index is -0.359. The van der Waals surface area contributed by atoms with E-state index >= 15 is 0 Å². The van der Waals surface area contributed by atoms with Crippen molar-refractivity contribution in [3.8, 4) is 0 Å². The molecule has 0 bridgehead atoms. The lowest BCUT2D eigenvalue weighted by Gasteiger charge is -2.16. The number of carbonyl (C=O) groups is 1. The smallest absolute Gasteiger partial charge is 0.253 e.